The van der Waals surface area contributed by atoms with Gasteiger partial charge in [-0.05, 0) is 37.6 Å². The van der Waals surface area contributed by atoms with Crippen molar-refractivity contribution < 1.29 is 18.3 Å². The number of aromatic amines is 1. The lowest BCUT2D eigenvalue weighted by Gasteiger charge is -2.15. The largest absolute Gasteiger partial charge is 0.508 e. The lowest BCUT2D eigenvalue weighted by molar-refractivity contribution is -0.137. The average Bonchev–Trinajstić information content (AvgIpc) is 3.05. The van der Waals surface area contributed by atoms with Gasteiger partial charge >= 0.3 is 6.18 Å². The Morgan fingerprint density at radius 1 is 1.13 bits per heavy atom. The first-order valence-electron chi connectivity index (χ1n) is 9.57. The molecule has 160 valence electrons. The number of hydrogen-bond donors (Lipinski definition) is 2. The summed E-state index contributed by atoms with van der Waals surface area (Å²) >= 11 is 0. The van der Waals surface area contributed by atoms with Gasteiger partial charge in [0.25, 0.3) is 5.56 Å². The molecule has 0 aliphatic heterocycles. The van der Waals surface area contributed by atoms with Crippen LogP contribution in [0.25, 0.3) is 11.0 Å². The van der Waals surface area contributed by atoms with E-state index in [9.17, 15) is 23.1 Å². The second kappa shape index (κ2) is 7.57. The third-order valence-corrected chi connectivity index (χ3v) is 5.22. The molecular formula is C22H19F3N4O2. The van der Waals surface area contributed by atoms with E-state index in [1.165, 1.54) is 16.8 Å². The van der Waals surface area contributed by atoms with Crippen molar-refractivity contribution in [1.82, 2.24) is 19.7 Å². The van der Waals surface area contributed by atoms with Crippen LogP contribution in [0.2, 0.25) is 0 Å². The molecule has 0 saturated carbocycles. The number of nitrogens with zero attached hydrogens (tertiary/aromatic N) is 3. The van der Waals surface area contributed by atoms with Crippen LogP contribution in [0.4, 0.5) is 13.2 Å². The molecular weight excluding hydrogens is 409 g/mol. The molecule has 0 aliphatic rings. The van der Waals surface area contributed by atoms with E-state index in [1.807, 2.05) is 0 Å². The number of H-pyrrole nitrogens is 1. The molecule has 31 heavy (non-hydrogen) atoms. The number of nitrogens with one attached hydrogen (secondary N) is 1. The van der Waals surface area contributed by atoms with Crippen LogP contribution in [0.1, 0.15) is 41.2 Å². The van der Waals surface area contributed by atoms with Crippen LogP contribution in [0, 0.1) is 6.92 Å². The average molecular weight is 428 g/mol. The predicted octanol–water partition coefficient (Wildman–Crippen LogP) is 4.35. The Kier molecular flexibility index (Phi) is 5.04. The zero-order valence-electron chi connectivity index (χ0n) is 16.7. The summed E-state index contributed by atoms with van der Waals surface area (Å²) in [6, 6.07) is 11.1. The molecule has 2 heterocycles. The van der Waals surface area contributed by atoms with Gasteiger partial charge in [0.15, 0.2) is 5.65 Å². The maximum Gasteiger partial charge on any atom is 0.416 e. The number of rotatable bonds is 4. The number of phenols is 1. The molecule has 0 aliphatic carbocycles. The van der Waals surface area contributed by atoms with Gasteiger partial charge in [-0.1, -0.05) is 30.3 Å². The summed E-state index contributed by atoms with van der Waals surface area (Å²) in [4.78, 5) is 20.0. The topological polar surface area (TPSA) is 83.8 Å². The number of aromatic nitrogens is 4. The summed E-state index contributed by atoms with van der Waals surface area (Å²) in [5, 5.41) is 14.8. The summed E-state index contributed by atoms with van der Waals surface area (Å²) in [6.07, 6.45) is -4.21. The van der Waals surface area contributed by atoms with Crippen molar-refractivity contribution in [3.8, 4) is 5.75 Å². The Labute approximate surface area is 175 Å². The van der Waals surface area contributed by atoms with Crippen LogP contribution in [0.15, 0.2) is 53.3 Å². The summed E-state index contributed by atoms with van der Waals surface area (Å²) < 4.78 is 40.1. The van der Waals surface area contributed by atoms with E-state index in [0.717, 1.165) is 12.1 Å². The highest BCUT2D eigenvalue weighted by Gasteiger charge is 2.30. The highest BCUT2D eigenvalue weighted by Crippen LogP contribution is 2.31. The molecule has 1 unspecified atom stereocenters. The molecule has 6 nitrogen and oxygen atoms in total. The van der Waals surface area contributed by atoms with E-state index in [-0.39, 0.29) is 17.7 Å². The van der Waals surface area contributed by atoms with E-state index in [1.54, 1.807) is 38.1 Å². The van der Waals surface area contributed by atoms with Crippen molar-refractivity contribution in [2.24, 2.45) is 0 Å². The SMILES string of the molecule is Cc1nn(C(C)c2ccc(C(F)(F)F)cc2)c2nc(Cc3ccccc3O)[nH]c(=O)c12. The number of phenolic OH excluding ortho intramolecular Hbond substituents is 1. The monoisotopic (exact) mass is 428 g/mol. The minimum Gasteiger partial charge on any atom is -0.508 e. The number of fused-ring (bicyclic) bond motifs is 1. The van der Waals surface area contributed by atoms with Crippen LogP contribution in [0.5, 0.6) is 5.75 Å². The van der Waals surface area contributed by atoms with E-state index < -0.39 is 17.8 Å². The highest BCUT2D eigenvalue weighted by molar-refractivity contribution is 5.77. The fourth-order valence-electron chi connectivity index (χ4n) is 3.54. The molecule has 4 aromatic rings. The summed E-state index contributed by atoms with van der Waals surface area (Å²) in [6.45, 7) is 3.46. The van der Waals surface area contributed by atoms with Gasteiger partial charge in [0, 0.05) is 12.0 Å². The van der Waals surface area contributed by atoms with E-state index in [2.05, 4.69) is 15.1 Å². The third kappa shape index (κ3) is 3.90. The molecule has 0 saturated heterocycles. The minimum atomic E-state index is -4.41. The molecule has 2 N–H and O–H groups in total. The van der Waals surface area contributed by atoms with Gasteiger partial charge in [-0.2, -0.15) is 18.3 Å². The van der Waals surface area contributed by atoms with Crippen LogP contribution >= 0.6 is 0 Å². The second-order valence-electron chi connectivity index (χ2n) is 7.34. The van der Waals surface area contributed by atoms with E-state index in [0.29, 0.717) is 33.7 Å². The quantitative estimate of drug-likeness (QED) is 0.506. The highest BCUT2D eigenvalue weighted by atomic mass is 19.4. The molecule has 2 aromatic heterocycles. The van der Waals surface area contributed by atoms with E-state index >= 15 is 0 Å². The number of alkyl halides is 3. The number of para-hydroxylation sites is 1. The zero-order valence-corrected chi connectivity index (χ0v) is 16.7. The number of hydrogen-bond acceptors (Lipinski definition) is 4. The van der Waals surface area contributed by atoms with Gasteiger partial charge in [0.05, 0.1) is 17.3 Å². The Balaban J connectivity index is 1.76. The Bertz CT molecular complexity index is 1310. The van der Waals surface area contributed by atoms with Crippen molar-refractivity contribution in [2.75, 3.05) is 0 Å². The minimum absolute atomic E-state index is 0.0908. The smallest absolute Gasteiger partial charge is 0.416 e. The predicted molar refractivity (Wildman–Crippen MR) is 109 cm³/mol. The van der Waals surface area contributed by atoms with Crippen molar-refractivity contribution in [2.45, 2.75) is 32.5 Å². The molecule has 4 rings (SSSR count). The second-order valence-corrected chi connectivity index (χ2v) is 7.34. The van der Waals surface area contributed by atoms with Crippen molar-refractivity contribution in [3.05, 3.63) is 87.1 Å². The Morgan fingerprint density at radius 2 is 1.81 bits per heavy atom. The summed E-state index contributed by atoms with van der Waals surface area (Å²) in [7, 11) is 0. The van der Waals surface area contributed by atoms with Crippen LogP contribution in [-0.2, 0) is 12.6 Å². The van der Waals surface area contributed by atoms with Crippen molar-refractivity contribution in [1.29, 1.82) is 0 Å². The molecule has 9 heteroatoms. The molecule has 0 amide bonds. The van der Waals surface area contributed by atoms with Gasteiger partial charge in [-0.15, -0.1) is 0 Å². The third-order valence-electron chi connectivity index (χ3n) is 5.22. The molecule has 0 bridgehead atoms. The van der Waals surface area contributed by atoms with Gasteiger partial charge in [0.1, 0.15) is 17.0 Å². The van der Waals surface area contributed by atoms with Gasteiger partial charge in [-0.25, -0.2) is 9.67 Å². The molecule has 2 aromatic carbocycles. The lowest BCUT2D eigenvalue weighted by Crippen LogP contribution is -2.15. The fraction of sp³-hybridized carbons (Fsp3) is 0.227. The molecule has 0 radical (unpaired) electrons. The first kappa shape index (κ1) is 20.6. The van der Waals surface area contributed by atoms with Gasteiger partial charge in [-0.3, -0.25) is 4.79 Å². The number of aromatic hydroxyl groups is 1. The molecule has 0 spiro atoms. The van der Waals surface area contributed by atoms with Crippen LogP contribution < -0.4 is 5.56 Å². The fourth-order valence-corrected chi connectivity index (χ4v) is 3.54. The van der Waals surface area contributed by atoms with Gasteiger partial charge < -0.3 is 10.1 Å². The lowest BCUT2D eigenvalue weighted by atomic mass is 10.1. The first-order valence-corrected chi connectivity index (χ1v) is 9.57. The van der Waals surface area contributed by atoms with Crippen LogP contribution in [0.3, 0.4) is 0 Å². The molecule has 0 fully saturated rings. The van der Waals surface area contributed by atoms with Crippen molar-refractivity contribution >= 4 is 11.0 Å². The normalized spacial score (nSPS) is 12.9. The van der Waals surface area contributed by atoms with Crippen molar-refractivity contribution in [3.63, 3.8) is 0 Å². The summed E-state index contributed by atoms with van der Waals surface area (Å²) in [5.41, 5.74) is 0.907. The number of aryl methyl sites for hydroxylation is 1. The Morgan fingerprint density at radius 3 is 2.45 bits per heavy atom. The summed E-state index contributed by atoms with van der Waals surface area (Å²) in [5.74, 6) is 0.438. The van der Waals surface area contributed by atoms with Gasteiger partial charge in [0.2, 0.25) is 0 Å². The Hall–Kier alpha value is -3.62. The number of benzene rings is 2. The maximum atomic E-state index is 12.9. The zero-order chi connectivity index (χ0) is 22.3. The molecule has 1 atom stereocenters. The maximum absolute atomic E-state index is 12.9. The number of halogens is 3. The van der Waals surface area contributed by atoms with E-state index in [4.69, 9.17) is 0 Å². The van der Waals surface area contributed by atoms with Crippen LogP contribution in [-0.4, -0.2) is 24.9 Å². The standard InChI is InChI=1S/C22H19F3N4O2/c1-12-19-20(26-18(27-21(19)31)11-15-5-3-4-6-17(15)30)29(28-12)13(2)14-7-9-16(10-8-14)22(23,24)25/h3-10,13,30H,11H2,1-2H3,(H,26,27,31). The first-order chi connectivity index (χ1) is 14.6.